The van der Waals surface area contributed by atoms with Crippen LogP contribution < -0.4 is 10.6 Å². The highest BCUT2D eigenvalue weighted by molar-refractivity contribution is 5.95. The molecule has 1 aliphatic heterocycles. The number of carbonyl (C=O) groups excluding carboxylic acids is 1. The fraction of sp³-hybridized carbons (Fsp3) is 0.462. The second-order valence-electron chi connectivity index (χ2n) is 4.48. The Morgan fingerprint density at radius 2 is 2.28 bits per heavy atom. The van der Waals surface area contributed by atoms with E-state index >= 15 is 0 Å². The van der Waals surface area contributed by atoms with Crippen molar-refractivity contribution in [2.24, 2.45) is 0 Å². The van der Waals surface area contributed by atoms with Gasteiger partial charge in [-0.3, -0.25) is 4.79 Å². The van der Waals surface area contributed by atoms with Crippen LogP contribution in [0.3, 0.4) is 0 Å². The Balaban J connectivity index is 0.00000162. The molecule has 1 amide bonds. The minimum Gasteiger partial charge on any atom is -0.348 e. The van der Waals surface area contributed by atoms with Gasteiger partial charge in [-0.05, 0) is 44.0 Å². The highest BCUT2D eigenvalue weighted by Gasteiger charge is 2.17. The molecule has 0 unspecified atom stereocenters. The first-order valence-electron chi connectivity index (χ1n) is 5.94. The number of amides is 1. The van der Waals surface area contributed by atoms with E-state index in [0.29, 0.717) is 5.56 Å². The maximum Gasteiger partial charge on any atom is 0.251 e. The fourth-order valence-corrected chi connectivity index (χ4v) is 2.08. The third-order valence-corrected chi connectivity index (χ3v) is 3.08. The first kappa shape index (κ1) is 14.9. The molecular weight excluding hydrogens is 255 g/mol. The molecule has 0 spiro atoms. The van der Waals surface area contributed by atoms with Gasteiger partial charge in [-0.2, -0.15) is 0 Å². The predicted octanol–water partition coefficient (Wildman–Crippen LogP) is 2.04. The van der Waals surface area contributed by atoms with Crippen LogP contribution in [0.1, 0.15) is 28.8 Å². The number of piperidine rings is 1. The number of nitrogens with one attached hydrogen (secondary N) is 2. The lowest BCUT2D eigenvalue weighted by atomic mass is 10.0. The Bertz CT molecular complexity index is 419. The van der Waals surface area contributed by atoms with Gasteiger partial charge >= 0.3 is 0 Å². The first-order chi connectivity index (χ1) is 8.16. The lowest BCUT2D eigenvalue weighted by molar-refractivity contribution is 0.0929. The molecule has 18 heavy (non-hydrogen) atoms. The van der Waals surface area contributed by atoms with E-state index in [2.05, 4.69) is 10.6 Å². The van der Waals surface area contributed by atoms with Gasteiger partial charge in [-0.15, -0.1) is 12.4 Å². The molecule has 0 bridgehead atoms. The Labute approximate surface area is 113 Å². The maximum atomic E-state index is 13.1. The van der Waals surface area contributed by atoms with Crippen LogP contribution in [0.2, 0.25) is 0 Å². The molecule has 1 aliphatic rings. The molecule has 1 saturated heterocycles. The fourth-order valence-electron chi connectivity index (χ4n) is 2.08. The molecule has 3 nitrogen and oxygen atoms in total. The van der Waals surface area contributed by atoms with Crippen LogP contribution in [0, 0.1) is 12.7 Å². The molecule has 0 saturated carbocycles. The molecule has 100 valence electrons. The molecule has 1 heterocycles. The highest BCUT2D eigenvalue weighted by atomic mass is 35.5. The van der Waals surface area contributed by atoms with Crippen LogP contribution in [-0.4, -0.2) is 25.0 Å². The van der Waals surface area contributed by atoms with Crippen molar-refractivity contribution in [3.05, 3.63) is 35.1 Å². The second kappa shape index (κ2) is 6.71. The smallest absolute Gasteiger partial charge is 0.251 e. The third-order valence-electron chi connectivity index (χ3n) is 3.08. The zero-order chi connectivity index (χ0) is 12.3. The molecule has 5 heteroatoms. The van der Waals surface area contributed by atoms with Gasteiger partial charge < -0.3 is 10.6 Å². The quantitative estimate of drug-likeness (QED) is 0.865. The molecule has 2 rings (SSSR count). The summed E-state index contributed by atoms with van der Waals surface area (Å²) in [6.45, 7) is 3.61. The maximum absolute atomic E-state index is 13.1. The lowest BCUT2D eigenvalue weighted by Crippen LogP contribution is -2.45. The number of halogens is 2. The van der Waals surface area contributed by atoms with Crippen LogP contribution >= 0.6 is 12.4 Å². The van der Waals surface area contributed by atoms with E-state index in [4.69, 9.17) is 0 Å². The van der Waals surface area contributed by atoms with E-state index in [1.807, 2.05) is 6.92 Å². The molecule has 0 radical (unpaired) electrons. The van der Waals surface area contributed by atoms with Crippen molar-refractivity contribution < 1.29 is 9.18 Å². The molecule has 0 aromatic heterocycles. The zero-order valence-corrected chi connectivity index (χ0v) is 11.1. The number of carbonyl (C=O) groups is 1. The van der Waals surface area contributed by atoms with Crippen molar-refractivity contribution in [2.75, 3.05) is 13.1 Å². The van der Waals surface area contributed by atoms with Gasteiger partial charge in [-0.25, -0.2) is 4.39 Å². The van der Waals surface area contributed by atoms with Gasteiger partial charge in [-0.1, -0.05) is 6.07 Å². The Morgan fingerprint density at radius 3 is 2.94 bits per heavy atom. The zero-order valence-electron chi connectivity index (χ0n) is 10.3. The van der Waals surface area contributed by atoms with Crippen LogP contribution in [0.5, 0.6) is 0 Å². The van der Waals surface area contributed by atoms with Gasteiger partial charge in [0, 0.05) is 18.2 Å². The number of aryl methyl sites for hydroxylation is 1. The summed E-state index contributed by atoms with van der Waals surface area (Å²) in [5, 5.41) is 6.16. The summed E-state index contributed by atoms with van der Waals surface area (Å²) in [6.07, 6.45) is 2.04. The van der Waals surface area contributed by atoms with Gasteiger partial charge in [0.25, 0.3) is 5.91 Å². The molecular formula is C13H18ClFN2O. The van der Waals surface area contributed by atoms with E-state index in [1.54, 1.807) is 6.07 Å². The van der Waals surface area contributed by atoms with Gasteiger partial charge in [0.2, 0.25) is 0 Å². The van der Waals surface area contributed by atoms with E-state index in [0.717, 1.165) is 31.5 Å². The average Bonchev–Trinajstić information content (AvgIpc) is 2.33. The average molecular weight is 273 g/mol. The van der Waals surface area contributed by atoms with Crippen molar-refractivity contribution in [2.45, 2.75) is 25.8 Å². The highest BCUT2D eigenvalue weighted by Crippen LogP contribution is 2.11. The van der Waals surface area contributed by atoms with Crippen LogP contribution in [0.25, 0.3) is 0 Å². The Hall–Kier alpha value is -1.13. The normalized spacial score (nSPS) is 18.9. The number of hydrogen-bond donors (Lipinski definition) is 2. The summed E-state index contributed by atoms with van der Waals surface area (Å²) in [7, 11) is 0. The van der Waals surface area contributed by atoms with E-state index in [9.17, 15) is 9.18 Å². The lowest BCUT2D eigenvalue weighted by Gasteiger charge is -2.24. The molecule has 1 fully saturated rings. The molecule has 1 aromatic carbocycles. The van der Waals surface area contributed by atoms with Crippen molar-refractivity contribution in [3.63, 3.8) is 0 Å². The van der Waals surface area contributed by atoms with E-state index < -0.39 is 0 Å². The number of benzene rings is 1. The summed E-state index contributed by atoms with van der Waals surface area (Å²) in [5.41, 5.74) is 1.23. The predicted molar refractivity (Wildman–Crippen MR) is 71.7 cm³/mol. The van der Waals surface area contributed by atoms with Crippen LogP contribution in [0.4, 0.5) is 4.39 Å². The van der Waals surface area contributed by atoms with Crippen molar-refractivity contribution in [3.8, 4) is 0 Å². The SMILES string of the molecule is Cc1ccc(F)cc1C(=O)N[C@@H]1CCCNC1.Cl. The summed E-state index contributed by atoms with van der Waals surface area (Å²) >= 11 is 0. The minimum atomic E-state index is -0.373. The van der Waals surface area contributed by atoms with E-state index in [-0.39, 0.29) is 30.2 Å². The number of rotatable bonds is 2. The monoisotopic (exact) mass is 272 g/mol. The third kappa shape index (κ3) is 3.68. The van der Waals surface area contributed by atoms with Crippen LogP contribution in [-0.2, 0) is 0 Å². The van der Waals surface area contributed by atoms with Crippen LogP contribution in [0.15, 0.2) is 18.2 Å². The Morgan fingerprint density at radius 1 is 1.50 bits per heavy atom. The summed E-state index contributed by atoms with van der Waals surface area (Å²) in [6, 6.07) is 4.44. The van der Waals surface area contributed by atoms with Crippen molar-refractivity contribution >= 4 is 18.3 Å². The molecule has 2 N–H and O–H groups in total. The summed E-state index contributed by atoms with van der Waals surface area (Å²) in [4.78, 5) is 12.0. The molecule has 1 aromatic rings. The molecule has 1 atom stereocenters. The summed E-state index contributed by atoms with van der Waals surface area (Å²) < 4.78 is 13.1. The molecule has 0 aliphatic carbocycles. The minimum absolute atomic E-state index is 0. The van der Waals surface area contributed by atoms with Gasteiger partial charge in [0.15, 0.2) is 0 Å². The van der Waals surface area contributed by atoms with Gasteiger partial charge in [0.1, 0.15) is 5.82 Å². The van der Waals surface area contributed by atoms with Crippen molar-refractivity contribution in [1.29, 1.82) is 0 Å². The summed E-state index contributed by atoms with van der Waals surface area (Å²) in [5.74, 6) is -0.557. The van der Waals surface area contributed by atoms with Crippen molar-refractivity contribution in [1.82, 2.24) is 10.6 Å². The largest absolute Gasteiger partial charge is 0.348 e. The second-order valence-corrected chi connectivity index (χ2v) is 4.48. The number of hydrogen-bond acceptors (Lipinski definition) is 2. The standard InChI is InChI=1S/C13H17FN2O.ClH/c1-9-4-5-10(14)7-12(9)13(17)16-11-3-2-6-15-8-11;/h4-5,7,11,15H,2-3,6,8H2,1H3,(H,16,17);1H/t11-;/m1./s1. The van der Waals surface area contributed by atoms with Gasteiger partial charge in [0.05, 0.1) is 0 Å². The van der Waals surface area contributed by atoms with E-state index in [1.165, 1.54) is 12.1 Å². The Kier molecular flexibility index (Phi) is 5.56. The first-order valence-corrected chi connectivity index (χ1v) is 5.94. The topological polar surface area (TPSA) is 41.1 Å².